The van der Waals surface area contributed by atoms with Crippen LogP contribution in [0.3, 0.4) is 0 Å². The zero-order chi connectivity index (χ0) is 22.0. The summed E-state index contributed by atoms with van der Waals surface area (Å²) < 4.78 is 8.05. The molecule has 0 bridgehead atoms. The molecule has 172 valence electrons. The van der Waals surface area contributed by atoms with Crippen molar-refractivity contribution in [2.45, 2.75) is 77.0 Å². The second-order valence-electron chi connectivity index (χ2n) is 9.25. The molecule has 2 aliphatic heterocycles. The number of nitrogens with zero attached hydrogens (tertiary/aromatic N) is 3. The van der Waals surface area contributed by atoms with Gasteiger partial charge in [-0.1, -0.05) is 18.5 Å². The molecule has 1 atom stereocenters. The van der Waals surface area contributed by atoms with Crippen LogP contribution in [0.5, 0.6) is 0 Å². The first-order valence-corrected chi connectivity index (χ1v) is 12.8. The average molecular weight is 516 g/mol. The van der Waals surface area contributed by atoms with Gasteiger partial charge in [-0.3, -0.25) is 9.59 Å². The molecule has 1 unspecified atom stereocenters. The minimum Gasteiger partial charge on any atom is -0.356 e. The number of hydrogen-bond donors (Lipinski definition) is 1. The highest BCUT2D eigenvalue weighted by molar-refractivity contribution is 9.10. The van der Waals surface area contributed by atoms with Gasteiger partial charge >= 0.3 is 0 Å². The number of nitrogens with one attached hydrogen (secondary N) is 1. The number of ether oxygens (including phenoxy) is 1. The number of carbonyl (C=O) groups excluding carboxylic acids is 2. The monoisotopic (exact) mass is 514 g/mol. The molecule has 4 rings (SSSR count). The van der Waals surface area contributed by atoms with Crippen molar-refractivity contribution in [1.29, 1.82) is 0 Å². The summed E-state index contributed by atoms with van der Waals surface area (Å²) in [6.07, 6.45) is 8.63. The van der Waals surface area contributed by atoms with E-state index in [1.807, 2.05) is 0 Å². The van der Waals surface area contributed by atoms with Crippen LogP contribution in [0, 0.1) is 11.8 Å². The normalized spacial score (nSPS) is 27.8. The summed E-state index contributed by atoms with van der Waals surface area (Å²) >= 11 is 9.92. The Morgan fingerprint density at radius 3 is 2.45 bits per heavy atom. The number of carbonyl (C=O) groups is 2. The van der Waals surface area contributed by atoms with Gasteiger partial charge in [0.15, 0.2) is 11.9 Å². The Kier molecular flexibility index (Phi) is 7.60. The third-order valence-corrected chi connectivity index (χ3v) is 8.29. The first-order chi connectivity index (χ1) is 14.9. The summed E-state index contributed by atoms with van der Waals surface area (Å²) in [6.45, 7) is 4.05. The molecule has 1 aromatic rings. The summed E-state index contributed by atoms with van der Waals surface area (Å²) in [7, 11) is 0. The molecule has 7 nitrogen and oxygen atoms in total. The molecular weight excluding hydrogens is 484 g/mol. The zero-order valence-corrected chi connectivity index (χ0v) is 20.5. The quantitative estimate of drug-likeness (QED) is 0.638. The van der Waals surface area contributed by atoms with E-state index >= 15 is 0 Å². The van der Waals surface area contributed by atoms with E-state index in [2.05, 4.69) is 33.3 Å². The molecule has 0 spiro atoms. The van der Waals surface area contributed by atoms with Gasteiger partial charge in [-0.2, -0.15) is 5.10 Å². The fourth-order valence-corrected chi connectivity index (χ4v) is 5.56. The molecule has 3 heterocycles. The van der Waals surface area contributed by atoms with Crippen molar-refractivity contribution in [2.75, 3.05) is 19.7 Å². The Hall–Kier alpha value is -1.12. The van der Waals surface area contributed by atoms with Crippen LogP contribution in [-0.4, -0.2) is 52.2 Å². The van der Waals surface area contributed by atoms with Crippen LogP contribution in [-0.2, 0) is 9.53 Å². The maximum Gasteiger partial charge on any atom is 0.275 e. The topological polar surface area (TPSA) is 76.5 Å². The Balaban J connectivity index is 1.32. The summed E-state index contributed by atoms with van der Waals surface area (Å²) in [5.41, 5.74) is 0.252. The summed E-state index contributed by atoms with van der Waals surface area (Å²) in [6, 6.07) is 0.311. The van der Waals surface area contributed by atoms with Gasteiger partial charge in [0.1, 0.15) is 9.63 Å². The number of hydrogen-bond acceptors (Lipinski definition) is 4. The number of rotatable bonds is 4. The lowest BCUT2D eigenvalue weighted by Crippen LogP contribution is -2.46. The largest absolute Gasteiger partial charge is 0.356 e. The smallest absolute Gasteiger partial charge is 0.275 e. The zero-order valence-electron chi connectivity index (χ0n) is 18.1. The van der Waals surface area contributed by atoms with Crippen LogP contribution in [0.2, 0.25) is 5.02 Å². The third-order valence-electron chi connectivity index (χ3n) is 6.94. The van der Waals surface area contributed by atoms with Crippen molar-refractivity contribution < 1.29 is 14.3 Å². The first kappa shape index (κ1) is 23.1. The first-order valence-electron chi connectivity index (χ1n) is 11.6. The Bertz CT molecular complexity index is 795. The van der Waals surface area contributed by atoms with Crippen molar-refractivity contribution in [3.63, 3.8) is 0 Å². The molecular formula is C22H32BrClN4O3. The van der Waals surface area contributed by atoms with Gasteiger partial charge in [0.2, 0.25) is 5.91 Å². The second-order valence-corrected chi connectivity index (χ2v) is 10.4. The van der Waals surface area contributed by atoms with E-state index < -0.39 is 0 Å². The molecule has 9 heteroatoms. The van der Waals surface area contributed by atoms with Gasteiger partial charge in [-0.05, 0) is 79.6 Å². The third kappa shape index (κ3) is 5.28. The minimum atomic E-state index is -0.195. The highest BCUT2D eigenvalue weighted by Crippen LogP contribution is 2.33. The van der Waals surface area contributed by atoms with Crippen LogP contribution >= 0.6 is 27.5 Å². The maximum atomic E-state index is 13.1. The number of likely N-dealkylation sites (tertiary alicyclic amines) is 1. The molecule has 1 N–H and O–H groups in total. The summed E-state index contributed by atoms with van der Waals surface area (Å²) in [5, 5.41) is 8.05. The van der Waals surface area contributed by atoms with E-state index in [9.17, 15) is 9.59 Å². The highest BCUT2D eigenvalue weighted by atomic mass is 79.9. The van der Waals surface area contributed by atoms with Gasteiger partial charge in [-0.15, -0.1) is 0 Å². The average Bonchev–Trinajstić information content (AvgIpc) is 3.10. The fourth-order valence-electron chi connectivity index (χ4n) is 4.86. The molecule has 3 fully saturated rings. The van der Waals surface area contributed by atoms with E-state index in [0.29, 0.717) is 48.2 Å². The maximum absolute atomic E-state index is 13.1. The number of amides is 2. The Labute approximate surface area is 197 Å². The van der Waals surface area contributed by atoms with E-state index in [1.54, 1.807) is 9.58 Å². The van der Waals surface area contributed by atoms with Crippen LogP contribution in [0.15, 0.2) is 4.60 Å². The van der Waals surface area contributed by atoms with Crippen molar-refractivity contribution >= 4 is 39.3 Å². The predicted molar refractivity (Wildman–Crippen MR) is 122 cm³/mol. The van der Waals surface area contributed by atoms with Gasteiger partial charge in [0.05, 0.1) is 0 Å². The van der Waals surface area contributed by atoms with Crippen molar-refractivity contribution in [3.8, 4) is 0 Å². The van der Waals surface area contributed by atoms with Crippen LogP contribution in [0.1, 0.15) is 81.4 Å². The SMILES string of the molecule is CC1CCC(NC(=O)C2CCN(C(=O)c3nn(C4CCCCO4)c(Br)c3Cl)CC2)CC1. The standard InChI is InChI=1S/C22H32BrClN4O3/c1-14-5-7-16(8-6-14)25-21(29)15-9-11-27(12-10-15)22(30)19-18(24)20(23)28(26-19)17-4-2-3-13-31-17/h14-17H,2-13H2,1H3,(H,25,29). The number of piperidine rings is 1. The summed E-state index contributed by atoms with van der Waals surface area (Å²) in [4.78, 5) is 27.6. The Morgan fingerprint density at radius 2 is 1.81 bits per heavy atom. The molecule has 31 heavy (non-hydrogen) atoms. The van der Waals surface area contributed by atoms with Crippen LogP contribution in [0.25, 0.3) is 0 Å². The minimum absolute atomic E-state index is 0.0289. The lowest BCUT2D eigenvalue weighted by molar-refractivity contribution is -0.127. The number of aromatic nitrogens is 2. The lowest BCUT2D eigenvalue weighted by atomic mass is 9.86. The molecule has 2 saturated heterocycles. The van der Waals surface area contributed by atoms with Crippen molar-refractivity contribution in [3.05, 3.63) is 15.3 Å². The van der Waals surface area contributed by atoms with Crippen LogP contribution in [0.4, 0.5) is 0 Å². The van der Waals surface area contributed by atoms with Gasteiger partial charge in [-0.25, -0.2) is 4.68 Å². The van der Waals surface area contributed by atoms with Crippen molar-refractivity contribution in [2.24, 2.45) is 11.8 Å². The molecule has 1 aliphatic carbocycles. The molecule has 2 amide bonds. The number of halogens is 2. The fraction of sp³-hybridized carbons (Fsp3) is 0.773. The molecule has 1 aromatic heterocycles. The van der Waals surface area contributed by atoms with Crippen LogP contribution < -0.4 is 5.32 Å². The Morgan fingerprint density at radius 1 is 1.10 bits per heavy atom. The van der Waals surface area contributed by atoms with Gasteiger partial charge < -0.3 is 15.0 Å². The molecule has 1 saturated carbocycles. The van der Waals surface area contributed by atoms with E-state index in [-0.39, 0.29) is 29.7 Å². The predicted octanol–water partition coefficient (Wildman–Crippen LogP) is 4.55. The molecule has 0 aromatic carbocycles. The molecule has 3 aliphatic rings. The van der Waals surface area contributed by atoms with E-state index in [0.717, 1.165) is 38.0 Å². The van der Waals surface area contributed by atoms with Crippen molar-refractivity contribution in [1.82, 2.24) is 20.0 Å². The lowest BCUT2D eigenvalue weighted by Gasteiger charge is -2.33. The second kappa shape index (κ2) is 10.2. The van der Waals surface area contributed by atoms with Gasteiger partial charge in [0.25, 0.3) is 5.91 Å². The van der Waals surface area contributed by atoms with Gasteiger partial charge in [0, 0.05) is 31.7 Å². The van der Waals surface area contributed by atoms with E-state index in [1.165, 1.54) is 12.8 Å². The highest BCUT2D eigenvalue weighted by Gasteiger charge is 2.33. The summed E-state index contributed by atoms with van der Waals surface area (Å²) in [5.74, 6) is 0.702. The molecule has 0 radical (unpaired) electrons. The van der Waals surface area contributed by atoms with E-state index in [4.69, 9.17) is 16.3 Å².